The lowest BCUT2D eigenvalue weighted by molar-refractivity contribution is -0.384. The molecule has 2 aromatic carbocycles. The van der Waals surface area contributed by atoms with Crippen LogP contribution in [0.5, 0.6) is 5.75 Å². The molecular formula is C22H21FN7O4P. The van der Waals surface area contributed by atoms with Gasteiger partial charge in [0.05, 0.1) is 48.0 Å². The molecule has 0 saturated heterocycles. The molecule has 0 aliphatic carbocycles. The topological polar surface area (TPSA) is 139 Å². The molecule has 2 heterocycles. The summed E-state index contributed by atoms with van der Waals surface area (Å²) in [5.41, 5.74) is 0.381. The van der Waals surface area contributed by atoms with E-state index in [9.17, 15) is 19.1 Å². The van der Waals surface area contributed by atoms with Crippen LogP contribution in [-0.4, -0.2) is 39.4 Å². The molecule has 4 rings (SSSR count). The Morgan fingerprint density at radius 1 is 1.31 bits per heavy atom. The van der Waals surface area contributed by atoms with Gasteiger partial charge in [-0.3, -0.25) is 19.3 Å². The van der Waals surface area contributed by atoms with Gasteiger partial charge in [0.2, 0.25) is 0 Å². The highest BCUT2D eigenvalue weighted by Crippen LogP contribution is 2.55. The SMILES string of the molecule is COc1ccc([N+](=O)[O-])cc1NP1(=O)c2c(C)nn(CCC#N)c2N=C(c2ccccc2F)N1C. The fourth-order valence-corrected chi connectivity index (χ4v) is 6.26. The van der Waals surface area contributed by atoms with Gasteiger partial charge in [-0.1, -0.05) is 12.1 Å². The Hall–Kier alpha value is -4.23. The summed E-state index contributed by atoms with van der Waals surface area (Å²) in [6.07, 6.45) is 0.129. The minimum Gasteiger partial charge on any atom is -0.495 e. The van der Waals surface area contributed by atoms with Gasteiger partial charge in [0.25, 0.3) is 13.1 Å². The van der Waals surface area contributed by atoms with E-state index in [1.54, 1.807) is 13.0 Å². The maximum absolute atomic E-state index is 14.8. The second-order valence-corrected chi connectivity index (χ2v) is 10.1. The fraction of sp³-hybridized carbons (Fsp3) is 0.227. The zero-order valence-electron chi connectivity index (χ0n) is 19.1. The Kier molecular flexibility index (Phi) is 6.28. The molecule has 0 fully saturated rings. The van der Waals surface area contributed by atoms with E-state index in [1.807, 2.05) is 6.07 Å². The van der Waals surface area contributed by atoms with Crippen molar-refractivity contribution in [1.29, 1.82) is 5.26 Å². The first kappa shape index (κ1) is 23.9. The van der Waals surface area contributed by atoms with Crippen LogP contribution in [0.2, 0.25) is 0 Å². The lowest BCUT2D eigenvalue weighted by Gasteiger charge is -2.35. The van der Waals surface area contributed by atoms with Gasteiger partial charge in [0.1, 0.15) is 22.7 Å². The Morgan fingerprint density at radius 2 is 2.06 bits per heavy atom. The van der Waals surface area contributed by atoms with Crippen LogP contribution >= 0.6 is 7.44 Å². The average Bonchev–Trinajstić information content (AvgIpc) is 3.16. The molecule has 1 atom stereocenters. The van der Waals surface area contributed by atoms with Crippen molar-refractivity contribution < 1.29 is 18.6 Å². The van der Waals surface area contributed by atoms with Gasteiger partial charge in [-0.25, -0.2) is 14.1 Å². The lowest BCUT2D eigenvalue weighted by atomic mass is 10.2. The van der Waals surface area contributed by atoms with Gasteiger partial charge in [0, 0.05) is 19.2 Å². The monoisotopic (exact) mass is 497 g/mol. The maximum Gasteiger partial charge on any atom is 0.296 e. The number of aliphatic imine (C=N–C) groups is 1. The quantitative estimate of drug-likeness (QED) is 0.292. The molecule has 3 aromatic rings. The first-order chi connectivity index (χ1) is 16.7. The standard InChI is InChI=1S/C22H21FN7O4P/c1-14-20-22(29(26-14)12-6-11-24)25-21(16-7-4-5-8-17(16)23)28(2)35(20,33)27-18-13-15(30(31)32)9-10-19(18)34-3/h4-5,7-10,13H,6,12H2,1-3H3,(H,27,33). The van der Waals surface area contributed by atoms with E-state index in [4.69, 9.17) is 10.00 Å². The van der Waals surface area contributed by atoms with E-state index in [1.165, 1.54) is 59.9 Å². The number of methoxy groups -OCH3 is 1. The maximum atomic E-state index is 14.8. The summed E-state index contributed by atoms with van der Waals surface area (Å²) in [6, 6.07) is 11.9. The van der Waals surface area contributed by atoms with Gasteiger partial charge in [0.15, 0.2) is 5.82 Å². The van der Waals surface area contributed by atoms with Crippen LogP contribution in [0, 0.1) is 34.2 Å². The molecule has 0 radical (unpaired) electrons. The molecule has 35 heavy (non-hydrogen) atoms. The second-order valence-electron chi connectivity index (χ2n) is 7.66. The number of nitrogens with one attached hydrogen (secondary N) is 1. The van der Waals surface area contributed by atoms with Crippen LogP contribution < -0.4 is 15.1 Å². The van der Waals surface area contributed by atoms with Crippen molar-refractivity contribution in [3.05, 3.63) is 69.7 Å². The van der Waals surface area contributed by atoms with Crippen molar-refractivity contribution >= 4 is 35.8 Å². The number of nitrogens with zero attached hydrogens (tertiary/aromatic N) is 6. The van der Waals surface area contributed by atoms with Crippen molar-refractivity contribution in [2.45, 2.75) is 19.9 Å². The summed E-state index contributed by atoms with van der Waals surface area (Å²) in [5.74, 6) is -0.0469. The number of rotatable bonds is 7. The molecule has 1 aliphatic rings. The van der Waals surface area contributed by atoms with E-state index >= 15 is 0 Å². The second kappa shape index (κ2) is 9.19. The number of hydrogen-bond donors (Lipinski definition) is 1. The van der Waals surface area contributed by atoms with Crippen molar-refractivity contribution in [2.24, 2.45) is 4.99 Å². The number of nitro benzene ring substituents is 1. The Balaban J connectivity index is 1.95. The number of amidine groups is 1. The number of benzene rings is 2. The first-order valence-corrected chi connectivity index (χ1v) is 12.1. The van der Waals surface area contributed by atoms with Crippen LogP contribution in [-0.2, 0) is 11.1 Å². The fourth-order valence-electron chi connectivity index (χ4n) is 3.86. The molecule has 180 valence electrons. The number of anilines is 1. The summed E-state index contributed by atoms with van der Waals surface area (Å²) in [4.78, 5) is 15.4. The number of hydrogen-bond acceptors (Lipinski definition) is 7. The Morgan fingerprint density at radius 3 is 2.71 bits per heavy atom. The molecule has 0 amide bonds. The first-order valence-electron chi connectivity index (χ1n) is 10.4. The summed E-state index contributed by atoms with van der Waals surface area (Å²) in [7, 11) is -0.997. The van der Waals surface area contributed by atoms with E-state index in [2.05, 4.69) is 15.2 Å². The number of nitro groups is 1. The summed E-state index contributed by atoms with van der Waals surface area (Å²) >= 11 is 0. The Labute approximate surface area is 200 Å². The highest BCUT2D eigenvalue weighted by Gasteiger charge is 2.44. The number of aromatic nitrogens is 2. The Bertz CT molecular complexity index is 1450. The molecule has 13 heteroatoms. The molecule has 0 saturated carbocycles. The van der Waals surface area contributed by atoms with Crippen molar-refractivity contribution in [2.75, 3.05) is 19.2 Å². The number of ether oxygens (including phenoxy) is 1. The third-order valence-electron chi connectivity index (χ3n) is 5.53. The van der Waals surface area contributed by atoms with Gasteiger partial charge in [-0.05, 0) is 25.1 Å². The number of non-ortho nitro benzene ring substituents is 1. The van der Waals surface area contributed by atoms with Crippen molar-refractivity contribution in [3.63, 3.8) is 0 Å². The molecule has 0 bridgehead atoms. The van der Waals surface area contributed by atoms with Gasteiger partial charge in [-0.2, -0.15) is 10.4 Å². The van der Waals surface area contributed by atoms with E-state index in [0.717, 1.165) is 0 Å². The third-order valence-corrected chi connectivity index (χ3v) is 8.24. The minimum absolute atomic E-state index is 0.0777. The van der Waals surface area contributed by atoms with Gasteiger partial charge >= 0.3 is 0 Å². The predicted molar refractivity (Wildman–Crippen MR) is 128 cm³/mol. The summed E-state index contributed by atoms with van der Waals surface area (Å²) in [5, 5.41) is 28.0. The highest BCUT2D eigenvalue weighted by molar-refractivity contribution is 7.72. The van der Waals surface area contributed by atoms with Crippen LogP contribution in [0.3, 0.4) is 0 Å². The molecular weight excluding hydrogens is 476 g/mol. The van der Waals surface area contributed by atoms with Crippen LogP contribution in [0.1, 0.15) is 17.7 Å². The normalized spacial score (nSPS) is 16.8. The minimum atomic E-state index is -3.88. The highest BCUT2D eigenvalue weighted by atomic mass is 31.2. The average molecular weight is 497 g/mol. The molecule has 1 unspecified atom stereocenters. The van der Waals surface area contributed by atoms with Crippen molar-refractivity contribution in [3.8, 4) is 11.8 Å². The zero-order valence-corrected chi connectivity index (χ0v) is 20.0. The molecule has 0 spiro atoms. The van der Waals surface area contributed by atoms with Crippen LogP contribution in [0.4, 0.5) is 21.6 Å². The smallest absolute Gasteiger partial charge is 0.296 e. The van der Waals surface area contributed by atoms with Crippen molar-refractivity contribution in [1.82, 2.24) is 14.5 Å². The molecule has 11 nitrogen and oxygen atoms in total. The predicted octanol–water partition coefficient (Wildman–Crippen LogP) is 4.12. The lowest BCUT2D eigenvalue weighted by Crippen LogP contribution is -2.37. The van der Waals surface area contributed by atoms with Crippen LogP contribution in [0.15, 0.2) is 47.5 Å². The number of fused-ring (bicyclic) bond motifs is 1. The number of nitriles is 1. The van der Waals surface area contributed by atoms with Gasteiger partial charge in [-0.15, -0.1) is 0 Å². The zero-order chi connectivity index (χ0) is 25.3. The number of halogens is 1. The summed E-state index contributed by atoms with van der Waals surface area (Å²) in [6.45, 7) is 1.84. The summed E-state index contributed by atoms with van der Waals surface area (Å²) < 4.78 is 37.7. The van der Waals surface area contributed by atoms with E-state index in [0.29, 0.717) is 5.69 Å². The van der Waals surface area contributed by atoms with E-state index < -0.39 is 18.2 Å². The molecule has 1 N–H and O–H groups in total. The molecule has 1 aromatic heterocycles. The van der Waals surface area contributed by atoms with E-state index in [-0.39, 0.29) is 52.6 Å². The molecule has 1 aliphatic heterocycles. The van der Waals surface area contributed by atoms with Crippen LogP contribution in [0.25, 0.3) is 0 Å². The third kappa shape index (κ3) is 4.11. The van der Waals surface area contributed by atoms with Gasteiger partial charge < -0.3 is 9.82 Å². The number of aryl methyl sites for hydroxylation is 2. The largest absolute Gasteiger partial charge is 0.495 e.